The van der Waals surface area contributed by atoms with Gasteiger partial charge < -0.3 is 4.90 Å². The minimum atomic E-state index is -0.0664. The summed E-state index contributed by atoms with van der Waals surface area (Å²) in [6.45, 7) is 14.8. The lowest BCUT2D eigenvalue weighted by molar-refractivity contribution is -0.231. The minimum Gasteiger partial charge on any atom is -0.309 e. The molecule has 52 heavy (non-hydrogen) atoms. The highest BCUT2D eigenvalue weighted by Crippen LogP contribution is 2.90. The van der Waals surface area contributed by atoms with Crippen LogP contribution < -0.4 is 4.90 Å². The van der Waals surface area contributed by atoms with Gasteiger partial charge in [-0.2, -0.15) is 0 Å². The van der Waals surface area contributed by atoms with Gasteiger partial charge in [-0.15, -0.1) is 0 Å². The molecule has 0 amide bonds. The Morgan fingerprint density at radius 1 is 0.500 bits per heavy atom. The fourth-order valence-corrected chi connectivity index (χ4v) is 14.7. The summed E-state index contributed by atoms with van der Waals surface area (Å²) in [6.07, 6.45) is 8.28. The van der Waals surface area contributed by atoms with Crippen LogP contribution in [0.3, 0.4) is 0 Å². The van der Waals surface area contributed by atoms with E-state index in [0.717, 1.165) is 23.7 Å². The summed E-state index contributed by atoms with van der Waals surface area (Å²) >= 11 is 0. The topological polar surface area (TPSA) is 3.24 Å². The van der Waals surface area contributed by atoms with E-state index in [9.17, 15) is 0 Å². The molecule has 12 rings (SSSR count). The summed E-state index contributed by atoms with van der Waals surface area (Å²) in [7, 11) is 0. The minimum absolute atomic E-state index is 0.0519. The number of benzene rings is 5. The summed E-state index contributed by atoms with van der Waals surface area (Å²) in [5.74, 6) is 3.53. The fourth-order valence-electron chi connectivity index (χ4n) is 14.7. The molecule has 0 radical (unpaired) electrons. The van der Waals surface area contributed by atoms with E-state index >= 15 is 0 Å². The molecule has 2 spiro atoms. The number of rotatable bonds is 3. The SMILES string of the molecule is CC1(C)CCC(C)(C)c2c(N(c3cccc4c3-c3ccccc3C4(C)C)c3cccc4c3-c3ccccc3C43C4CC5CC6CC3C64C5)cccc21. The maximum absolute atomic E-state index is 2.77. The average Bonchev–Trinajstić information content (AvgIpc) is 3.83. The molecule has 1 heteroatoms. The van der Waals surface area contributed by atoms with Crippen LogP contribution in [0.1, 0.15) is 113 Å². The summed E-state index contributed by atoms with van der Waals surface area (Å²) in [5, 5.41) is 0. The molecule has 0 aliphatic heterocycles. The Bertz CT molecular complexity index is 2410. The lowest BCUT2D eigenvalue weighted by Gasteiger charge is -2.76. The second kappa shape index (κ2) is 9.33. The predicted molar refractivity (Wildman–Crippen MR) is 215 cm³/mol. The van der Waals surface area contributed by atoms with E-state index in [4.69, 9.17) is 0 Å². The first-order valence-electron chi connectivity index (χ1n) is 20.4. The normalized spacial score (nSPS) is 31.8. The van der Waals surface area contributed by atoms with Crippen LogP contribution in [0, 0.1) is 29.1 Å². The molecule has 0 N–H and O–H groups in total. The zero-order chi connectivity index (χ0) is 35.2. The van der Waals surface area contributed by atoms with Crippen LogP contribution >= 0.6 is 0 Å². The van der Waals surface area contributed by atoms with Crippen LogP contribution in [0.2, 0.25) is 0 Å². The smallest absolute Gasteiger partial charge is 0.0543 e. The second-order valence-electron chi connectivity index (χ2n) is 20.0. The highest BCUT2D eigenvalue weighted by molar-refractivity contribution is 6.01. The molecular formula is C51H51N. The van der Waals surface area contributed by atoms with Crippen LogP contribution in [0.4, 0.5) is 17.1 Å². The highest BCUT2D eigenvalue weighted by Gasteiger charge is 2.84. The molecule has 0 heterocycles. The van der Waals surface area contributed by atoms with E-state index in [1.807, 2.05) is 0 Å². The van der Waals surface area contributed by atoms with E-state index < -0.39 is 0 Å². The molecule has 6 unspecified atom stereocenters. The summed E-state index contributed by atoms with van der Waals surface area (Å²) < 4.78 is 0. The molecule has 4 fully saturated rings. The van der Waals surface area contributed by atoms with Crippen molar-refractivity contribution in [2.45, 2.75) is 102 Å². The van der Waals surface area contributed by atoms with E-state index in [-0.39, 0.29) is 21.7 Å². The molecule has 7 aliphatic carbocycles. The number of anilines is 3. The summed E-state index contributed by atoms with van der Waals surface area (Å²) in [6, 6.07) is 40.9. The van der Waals surface area contributed by atoms with Crippen LogP contribution in [-0.4, -0.2) is 0 Å². The van der Waals surface area contributed by atoms with Gasteiger partial charge in [0.05, 0.1) is 17.1 Å². The van der Waals surface area contributed by atoms with Gasteiger partial charge in [0, 0.05) is 22.0 Å². The molecule has 260 valence electrons. The van der Waals surface area contributed by atoms with Crippen molar-refractivity contribution in [2.24, 2.45) is 29.1 Å². The third-order valence-corrected chi connectivity index (χ3v) is 16.8. The molecule has 6 atom stereocenters. The van der Waals surface area contributed by atoms with E-state index in [2.05, 4.69) is 150 Å². The van der Waals surface area contributed by atoms with Gasteiger partial charge in [0.25, 0.3) is 0 Å². The first-order chi connectivity index (χ1) is 25.0. The van der Waals surface area contributed by atoms with Crippen LogP contribution in [-0.2, 0) is 21.7 Å². The Hall–Kier alpha value is -4.10. The molecule has 7 aliphatic rings. The second-order valence-corrected chi connectivity index (χ2v) is 20.0. The van der Waals surface area contributed by atoms with Gasteiger partial charge in [-0.1, -0.05) is 126 Å². The van der Waals surface area contributed by atoms with E-state index in [1.165, 1.54) is 100 Å². The third kappa shape index (κ3) is 3.21. The van der Waals surface area contributed by atoms with Gasteiger partial charge in [-0.25, -0.2) is 0 Å². The Balaban J connectivity index is 1.18. The van der Waals surface area contributed by atoms with Crippen molar-refractivity contribution >= 4 is 17.1 Å². The van der Waals surface area contributed by atoms with Crippen LogP contribution in [0.5, 0.6) is 0 Å². The quantitative estimate of drug-likeness (QED) is 0.184. The highest BCUT2D eigenvalue weighted by atomic mass is 15.2. The van der Waals surface area contributed by atoms with Crippen molar-refractivity contribution in [1.82, 2.24) is 0 Å². The third-order valence-electron chi connectivity index (χ3n) is 16.8. The lowest BCUT2D eigenvalue weighted by atomic mass is 9.27. The van der Waals surface area contributed by atoms with Gasteiger partial charge in [0.1, 0.15) is 0 Å². The maximum atomic E-state index is 2.77. The standard InChI is InChI=1S/C51H51N/c1-47(2)24-25-48(3,4)46-38(47)20-13-23-41(46)52(39-21-11-18-36-44(39)32-14-7-9-16-34(32)49(36,5)6)40-22-12-19-37-45(40)33-15-8-10-17-35(33)51(37)42-27-30-26-31-28-43(51)50(31,42)29-30/h7-23,30-31,42-43H,24-29H2,1-6H3. The Labute approximate surface area is 310 Å². The molecule has 5 aromatic carbocycles. The number of nitrogens with zero attached hydrogens (tertiary/aromatic N) is 1. The van der Waals surface area contributed by atoms with E-state index in [1.54, 1.807) is 11.1 Å². The molecule has 2 bridgehead atoms. The Kier molecular flexibility index (Phi) is 5.45. The number of hydrogen-bond acceptors (Lipinski definition) is 1. The zero-order valence-corrected chi connectivity index (χ0v) is 31.8. The predicted octanol–water partition coefficient (Wildman–Crippen LogP) is 13.1. The number of hydrogen-bond donors (Lipinski definition) is 0. The first kappa shape index (κ1) is 30.4. The molecule has 0 saturated heterocycles. The van der Waals surface area contributed by atoms with Crippen molar-refractivity contribution in [2.75, 3.05) is 4.90 Å². The van der Waals surface area contributed by atoms with Crippen molar-refractivity contribution < 1.29 is 0 Å². The van der Waals surface area contributed by atoms with Crippen molar-refractivity contribution in [3.05, 3.63) is 137 Å². The maximum Gasteiger partial charge on any atom is 0.0543 e. The summed E-state index contributed by atoms with van der Waals surface area (Å²) in [4.78, 5) is 2.77. The van der Waals surface area contributed by atoms with Gasteiger partial charge in [-0.3, -0.25) is 0 Å². The molecule has 5 aromatic rings. The van der Waals surface area contributed by atoms with Gasteiger partial charge >= 0.3 is 0 Å². The fraction of sp³-hybridized carbons (Fsp3) is 0.412. The van der Waals surface area contributed by atoms with Crippen molar-refractivity contribution in [3.63, 3.8) is 0 Å². The summed E-state index contributed by atoms with van der Waals surface area (Å²) in [5.41, 5.74) is 20.0. The van der Waals surface area contributed by atoms with E-state index in [0.29, 0.717) is 5.41 Å². The Morgan fingerprint density at radius 3 is 1.79 bits per heavy atom. The van der Waals surface area contributed by atoms with Crippen LogP contribution in [0.15, 0.2) is 103 Å². The van der Waals surface area contributed by atoms with Gasteiger partial charge in [0.15, 0.2) is 0 Å². The first-order valence-corrected chi connectivity index (χ1v) is 20.4. The Morgan fingerprint density at radius 2 is 1.06 bits per heavy atom. The zero-order valence-electron chi connectivity index (χ0n) is 31.8. The van der Waals surface area contributed by atoms with Gasteiger partial charge in [-0.05, 0) is 141 Å². The van der Waals surface area contributed by atoms with Crippen molar-refractivity contribution in [3.8, 4) is 22.3 Å². The molecule has 0 aromatic heterocycles. The van der Waals surface area contributed by atoms with Gasteiger partial charge in [0.2, 0.25) is 0 Å². The number of fused-ring (bicyclic) bond motifs is 12. The monoisotopic (exact) mass is 677 g/mol. The van der Waals surface area contributed by atoms with Crippen LogP contribution in [0.25, 0.3) is 22.3 Å². The lowest BCUT2D eigenvalue weighted by Crippen LogP contribution is -2.73. The van der Waals surface area contributed by atoms with Crippen molar-refractivity contribution in [1.29, 1.82) is 0 Å². The average molecular weight is 678 g/mol. The molecule has 1 nitrogen and oxygen atoms in total. The molecule has 4 saturated carbocycles. The molecular weight excluding hydrogens is 627 g/mol. The largest absolute Gasteiger partial charge is 0.309 e.